The standard InChI is InChI=1S/C14H20N2OS/c1-3-17-10-6-9-15-11(2)14-16-12-7-4-5-8-13(12)18-14/h4-5,7-8,11,15H,3,6,9-10H2,1-2H3. The third-order valence-electron chi connectivity index (χ3n) is 2.80. The number of rotatable bonds is 7. The Morgan fingerprint density at radius 2 is 2.22 bits per heavy atom. The SMILES string of the molecule is CCOCCCNC(C)c1nc2ccccc2s1. The molecule has 0 aliphatic heterocycles. The van der Waals surface area contributed by atoms with Gasteiger partial charge in [0.15, 0.2) is 0 Å². The summed E-state index contributed by atoms with van der Waals surface area (Å²) >= 11 is 1.77. The van der Waals surface area contributed by atoms with Crippen LogP contribution < -0.4 is 5.32 Å². The maximum Gasteiger partial charge on any atom is 0.111 e. The number of hydrogen-bond donors (Lipinski definition) is 1. The van der Waals surface area contributed by atoms with Gasteiger partial charge in [-0.2, -0.15) is 0 Å². The molecule has 2 aromatic rings. The fourth-order valence-electron chi connectivity index (χ4n) is 1.80. The van der Waals surface area contributed by atoms with Crippen LogP contribution in [0.3, 0.4) is 0 Å². The predicted octanol–water partition coefficient (Wildman–Crippen LogP) is 3.37. The summed E-state index contributed by atoms with van der Waals surface area (Å²) in [6, 6.07) is 8.59. The smallest absolute Gasteiger partial charge is 0.111 e. The Morgan fingerprint density at radius 3 is 3.00 bits per heavy atom. The Bertz CT molecular complexity index is 450. The van der Waals surface area contributed by atoms with Crippen molar-refractivity contribution in [1.29, 1.82) is 0 Å². The summed E-state index contributed by atoms with van der Waals surface area (Å²) in [6.45, 7) is 6.79. The molecule has 1 aromatic heterocycles. The Balaban J connectivity index is 1.86. The molecule has 2 rings (SSSR count). The first-order valence-corrected chi connectivity index (χ1v) is 7.29. The normalized spacial score (nSPS) is 13.0. The maximum atomic E-state index is 5.32. The summed E-state index contributed by atoms with van der Waals surface area (Å²) in [6.07, 6.45) is 1.04. The van der Waals surface area contributed by atoms with E-state index in [9.17, 15) is 0 Å². The van der Waals surface area contributed by atoms with Crippen LogP contribution >= 0.6 is 11.3 Å². The van der Waals surface area contributed by atoms with E-state index in [4.69, 9.17) is 4.74 Å². The molecule has 0 amide bonds. The predicted molar refractivity (Wildman–Crippen MR) is 77.1 cm³/mol. The van der Waals surface area contributed by atoms with E-state index in [-0.39, 0.29) is 0 Å². The van der Waals surface area contributed by atoms with Crippen molar-refractivity contribution in [2.45, 2.75) is 26.3 Å². The van der Waals surface area contributed by atoms with Crippen LogP contribution in [0.5, 0.6) is 0 Å². The highest BCUT2D eigenvalue weighted by molar-refractivity contribution is 7.18. The fourth-order valence-corrected chi connectivity index (χ4v) is 2.79. The van der Waals surface area contributed by atoms with Gasteiger partial charge in [-0.3, -0.25) is 0 Å². The topological polar surface area (TPSA) is 34.1 Å². The highest BCUT2D eigenvalue weighted by Crippen LogP contribution is 2.25. The van der Waals surface area contributed by atoms with Crippen LogP contribution in [0, 0.1) is 0 Å². The monoisotopic (exact) mass is 264 g/mol. The third-order valence-corrected chi connectivity index (χ3v) is 4.02. The molecule has 4 heteroatoms. The minimum Gasteiger partial charge on any atom is -0.382 e. The van der Waals surface area contributed by atoms with Gasteiger partial charge in [0.2, 0.25) is 0 Å². The molecule has 0 radical (unpaired) electrons. The molecule has 1 N–H and O–H groups in total. The zero-order valence-electron chi connectivity index (χ0n) is 11.0. The van der Waals surface area contributed by atoms with Crippen LogP contribution in [0.4, 0.5) is 0 Å². The van der Waals surface area contributed by atoms with E-state index in [1.165, 1.54) is 4.70 Å². The Hall–Kier alpha value is -0.970. The van der Waals surface area contributed by atoms with Gasteiger partial charge in [0.05, 0.1) is 16.3 Å². The average molecular weight is 264 g/mol. The Morgan fingerprint density at radius 1 is 1.39 bits per heavy atom. The van der Waals surface area contributed by atoms with Gasteiger partial charge in [-0.15, -0.1) is 11.3 Å². The molecule has 0 aliphatic rings. The van der Waals surface area contributed by atoms with Crippen molar-refractivity contribution < 1.29 is 4.74 Å². The van der Waals surface area contributed by atoms with Crippen molar-refractivity contribution in [3.05, 3.63) is 29.3 Å². The molecule has 1 heterocycles. The van der Waals surface area contributed by atoms with Crippen molar-refractivity contribution in [2.75, 3.05) is 19.8 Å². The molecule has 98 valence electrons. The number of thiazole rings is 1. The molecular formula is C14H20N2OS. The second-order valence-electron chi connectivity index (χ2n) is 4.25. The van der Waals surface area contributed by atoms with Gasteiger partial charge < -0.3 is 10.1 Å². The van der Waals surface area contributed by atoms with E-state index in [0.29, 0.717) is 6.04 Å². The molecule has 1 atom stereocenters. The van der Waals surface area contributed by atoms with Crippen LogP contribution in [-0.4, -0.2) is 24.7 Å². The van der Waals surface area contributed by atoms with E-state index in [0.717, 1.165) is 36.7 Å². The van der Waals surface area contributed by atoms with Crippen LogP contribution in [0.15, 0.2) is 24.3 Å². The highest BCUT2D eigenvalue weighted by atomic mass is 32.1. The Kier molecular flexibility index (Phi) is 5.11. The van der Waals surface area contributed by atoms with Crippen molar-refractivity contribution in [3.63, 3.8) is 0 Å². The molecule has 0 aliphatic carbocycles. The minimum atomic E-state index is 0.309. The zero-order valence-corrected chi connectivity index (χ0v) is 11.8. The highest BCUT2D eigenvalue weighted by Gasteiger charge is 2.10. The van der Waals surface area contributed by atoms with E-state index in [2.05, 4.69) is 35.4 Å². The number of benzene rings is 1. The van der Waals surface area contributed by atoms with Crippen LogP contribution in [-0.2, 0) is 4.74 Å². The first-order valence-electron chi connectivity index (χ1n) is 6.48. The van der Waals surface area contributed by atoms with Gasteiger partial charge in [-0.25, -0.2) is 4.98 Å². The molecular weight excluding hydrogens is 244 g/mol. The summed E-state index contributed by atoms with van der Waals surface area (Å²) in [4.78, 5) is 4.65. The third kappa shape index (κ3) is 3.51. The second-order valence-corrected chi connectivity index (χ2v) is 5.31. The summed E-state index contributed by atoms with van der Waals surface area (Å²) in [5, 5.41) is 4.65. The lowest BCUT2D eigenvalue weighted by Crippen LogP contribution is -2.20. The number of para-hydroxylation sites is 1. The number of nitrogens with one attached hydrogen (secondary N) is 1. The second kappa shape index (κ2) is 6.83. The summed E-state index contributed by atoms with van der Waals surface area (Å²) in [5.41, 5.74) is 1.10. The first kappa shape index (κ1) is 13.5. The van der Waals surface area contributed by atoms with Gasteiger partial charge in [0.1, 0.15) is 5.01 Å². The maximum absolute atomic E-state index is 5.32. The first-order chi connectivity index (χ1) is 8.81. The van der Waals surface area contributed by atoms with Gasteiger partial charge in [0.25, 0.3) is 0 Å². The van der Waals surface area contributed by atoms with Gasteiger partial charge in [-0.05, 0) is 38.9 Å². The average Bonchev–Trinajstić information content (AvgIpc) is 2.82. The van der Waals surface area contributed by atoms with Crippen molar-refractivity contribution in [2.24, 2.45) is 0 Å². The molecule has 0 saturated carbocycles. The lowest BCUT2D eigenvalue weighted by atomic mass is 10.3. The number of aromatic nitrogens is 1. The fraction of sp³-hybridized carbons (Fsp3) is 0.500. The van der Waals surface area contributed by atoms with Crippen molar-refractivity contribution in [3.8, 4) is 0 Å². The van der Waals surface area contributed by atoms with Gasteiger partial charge >= 0.3 is 0 Å². The largest absolute Gasteiger partial charge is 0.382 e. The van der Waals surface area contributed by atoms with Gasteiger partial charge in [-0.1, -0.05) is 12.1 Å². The Labute approximate surface area is 112 Å². The number of nitrogens with zero attached hydrogens (tertiary/aromatic N) is 1. The molecule has 0 spiro atoms. The molecule has 0 fully saturated rings. The molecule has 1 unspecified atom stereocenters. The number of ether oxygens (including phenoxy) is 1. The quantitative estimate of drug-likeness (QED) is 0.779. The molecule has 1 aromatic carbocycles. The lowest BCUT2D eigenvalue weighted by Gasteiger charge is -2.10. The van der Waals surface area contributed by atoms with Crippen molar-refractivity contribution in [1.82, 2.24) is 10.3 Å². The van der Waals surface area contributed by atoms with Crippen molar-refractivity contribution >= 4 is 21.6 Å². The van der Waals surface area contributed by atoms with Crippen LogP contribution in [0.25, 0.3) is 10.2 Å². The molecule has 0 saturated heterocycles. The molecule has 18 heavy (non-hydrogen) atoms. The number of fused-ring (bicyclic) bond motifs is 1. The molecule has 3 nitrogen and oxygen atoms in total. The van der Waals surface area contributed by atoms with E-state index in [1.807, 2.05) is 13.0 Å². The minimum absolute atomic E-state index is 0.309. The van der Waals surface area contributed by atoms with Gasteiger partial charge in [0, 0.05) is 13.2 Å². The zero-order chi connectivity index (χ0) is 12.8. The van der Waals surface area contributed by atoms with E-state index < -0.39 is 0 Å². The van der Waals surface area contributed by atoms with Crippen LogP contribution in [0.1, 0.15) is 31.3 Å². The lowest BCUT2D eigenvalue weighted by molar-refractivity contribution is 0.144. The van der Waals surface area contributed by atoms with Crippen LogP contribution in [0.2, 0.25) is 0 Å². The van der Waals surface area contributed by atoms with E-state index >= 15 is 0 Å². The van der Waals surface area contributed by atoms with E-state index in [1.54, 1.807) is 11.3 Å². The summed E-state index contributed by atoms with van der Waals surface area (Å²) in [5.74, 6) is 0. The summed E-state index contributed by atoms with van der Waals surface area (Å²) < 4.78 is 6.58. The number of hydrogen-bond acceptors (Lipinski definition) is 4. The summed E-state index contributed by atoms with van der Waals surface area (Å²) in [7, 11) is 0. The molecule has 0 bridgehead atoms.